The molecule has 0 aliphatic heterocycles. The summed E-state index contributed by atoms with van der Waals surface area (Å²) in [6.45, 7) is 14.5. The van der Waals surface area contributed by atoms with Gasteiger partial charge in [-0.1, -0.05) is 62.4 Å². The Morgan fingerprint density at radius 1 is 1.33 bits per heavy atom. The molecule has 0 saturated heterocycles. The molecule has 0 radical (unpaired) electrons. The Kier molecular flexibility index (Phi) is 6.67. The summed E-state index contributed by atoms with van der Waals surface area (Å²) in [4.78, 5) is 0. The Labute approximate surface area is 110 Å². The lowest BCUT2D eigenvalue weighted by Crippen LogP contribution is -2.41. The number of alkyl halides is 1. The van der Waals surface area contributed by atoms with Crippen LogP contribution in [-0.4, -0.2) is 19.4 Å². The second-order valence-electron chi connectivity index (χ2n) is 5.63. The van der Waals surface area contributed by atoms with E-state index < -0.39 is 8.32 Å². The third-order valence-electron chi connectivity index (χ3n) is 3.07. The smallest absolute Gasteiger partial charge is 0.192 e. The molecule has 0 heterocycles. The van der Waals surface area contributed by atoms with E-state index >= 15 is 0 Å². The van der Waals surface area contributed by atoms with Crippen molar-refractivity contribution < 1.29 is 4.43 Å². The van der Waals surface area contributed by atoms with Crippen molar-refractivity contribution >= 4 is 30.9 Å². The number of halogens is 1. The average molecular weight is 340 g/mol. The molecule has 3 heteroatoms. The summed E-state index contributed by atoms with van der Waals surface area (Å²) < 4.78 is 7.22. The van der Waals surface area contributed by atoms with Crippen LogP contribution >= 0.6 is 22.6 Å². The molecule has 15 heavy (non-hydrogen) atoms. The second-order valence-corrected chi connectivity index (χ2v) is 11.3. The molecule has 0 aromatic carbocycles. The summed E-state index contributed by atoms with van der Waals surface area (Å²) >= 11 is 2.36. The maximum Gasteiger partial charge on any atom is 0.192 e. The summed E-state index contributed by atoms with van der Waals surface area (Å²) in [6, 6.07) is 0. The van der Waals surface area contributed by atoms with Crippen molar-refractivity contribution in [2.24, 2.45) is 5.92 Å². The van der Waals surface area contributed by atoms with Crippen molar-refractivity contribution in [2.75, 3.05) is 11.0 Å². The van der Waals surface area contributed by atoms with E-state index in [2.05, 4.69) is 75.5 Å². The zero-order valence-electron chi connectivity index (χ0n) is 10.9. The highest BCUT2D eigenvalue weighted by Gasteiger charge is 2.37. The molecule has 0 spiro atoms. The van der Waals surface area contributed by atoms with Crippen LogP contribution in [0.1, 0.15) is 27.7 Å². The molecule has 0 unspecified atom stereocenters. The molecule has 0 fully saturated rings. The van der Waals surface area contributed by atoms with Crippen molar-refractivity contribution in [1.29, 1.82) is 0 Å². The topological polar surface area (TPSA) is 9.23 Å². The molecule has 0 aliphatic rings. The first-order chi connectivity index (χ1) is 6.70. The van der Waals surface area contributed by atoms with Gasteiger partial charge in [0.2, 0.25) is 0 Å². The van der Waals surface area contributed by atoms with Crippen molar-refractivity contribution in [2.45, 2.75) is 45.8 Å². The Morgan fingerprint density at radius 3 is 2.27 bits per heavy atom. The molecule has 0 rings (SSSR count). The summed E-state index contributed by atoms with van der Waals surface area (Å²) in [5, 5.41) is 0.319. The van der Waals surface area contributed by atoms with Crippen molar-refractivity contribution in [1.82, 2.24) is 0 Å². The molecule has 0 aromatic rings. The van der Waals surface area contributed by atoms with Crippen molar-refractivity contribution in [3.8, 4) is 0 Å². The lowest BCUT2D eigenvalue weighted by atomic mass is 10.2. The number of rotatable bonds is 5. The van der Waals surface area contributed by atoms with Crippen LogP contribution in [0.3, 0.4) is 0 Å². The van der Waals surface area contributed by atoms with Crippen LogP contribution in [0.25, 0.3) is 0 Å². The van der Waals surface area contributed by atoms with E-state index in [0.717, 1.165) is 11.0 Å². The van der Waals surface area contributed by atoms with Gasteiger partial charge in [0.1, 0.15) is 0 Å². The van der Waals surface area contributed by atoms with Crippen LogP contribution in [0, 0.1) is 5.92 Å². The fourth-order valence-electron chi connectivity index (χ4n) is 0.896. The minimum atomic E-state index is -1.54. The molecular formula is C12H25IOSi. The van der Waals surface area contributed by atoms with Gasteiger partial charge in [-0.3, -0.25) is 0 Å². The van der Waals surface area contributed by atoms with Crippen molar-refractivity contribution in [3.05, 3.63) is 12.2 Å². The lowest BCUT2D eigenvalue weighted by molar-refractivity contribution is 0.259. The average Bonchev–Trinajstić information content (AvgIpc) is 2.09. The molecule has 1 nitrogen and oxygen atoms in total. The Morgan fingerprint density at radius 2 is 1.87 bits per heavy atom. The van der Waals surface area contributed by atoms with Crippen LogP contribution in [0.15, 0.2) is 12.2 Å². The minimum Gasteiger partial charge on any atom is -0.416 e. The first kappa shape index (κ1) is 15.6. The minimum absolute atomic E-state index is 0.319. The summed E-state index contributed by atoms with van der Waals surface area (Å²) in [6.07, 6.45) is 4.46. The van der Waals surface area contributed by atoms with E-state index in [1.807, 2.05) is 0 Å². The number of hydrogen-bond acceptors (Lipinski definition) is 1. The first-order valence-corrected chi connectivity index (χ1v) is 10.0. The highest BCUT2D eigenvalue weighted by atomic mass is 127. The summed E-state index contributed by atoms with van der Waals surface area (Å²) in [5.74, 6) is 0.536. The fraction of sp³-hybridized carbons (Fsp3) is 0.833. The van der Waals surface area contributed by atoms with Crippen molar-refractivity contribution in [3.63, 3.8) is 0 Å². The monoisotopic (exact) mass is 340 g/mol. The van der Waals surface area contributed by atoms with E-state index in [9.17, 15) is 0 Å². The number of hydrogen-bond donors (Lipinski definition) is 0. The van der Waals surface area contributed by atoms with Gasteiger partial charge in [-0.25, -0.2) is 0 Å². The molecular weight excluding hydrogens is 315 g/mol. The SMILES string of the molecule is C[C@H](/C=C/CI)CO[Si](C)(C)C(C)(C)C. The van der Waals surface area contributed by atoms with Gasteiger partial charge in [0.25, 0.3) is 0 Å². The second kappa shape index (κ2) is 6.40. The molecule has 1 atom stereocenters. The standard InChI is InChI=1S/C12H25IOSi/c1-11(8-7-9-13)10-14-15(5,6)12(2,3)4/h7-8,11H,9-10H2,1-6H3/b8-7+/t11-/m1/s1. The predicted octanol–water partition coefficient (Wildman–Crippen LogP) is 4.64. The van der Waals surface area contributed by atoms with Crippen LogP contribution < -0.4 is 0 Å². The highest BCUT2D eigenvalue weighted by Crippen LogP contribution is 2.36. The molecule has 0 aromatic heterocycles. The van der Waals surface area contributed by atoms with E-state index in [0.29, 0.717) is 11.0 Å². The highest BCUT2D eigenvalue weighted by molar-refractivity contribution is 14.1. The lowest BCUT2D eigenvalue weighted by Gasteiger charge is -2.36. The van der Waals surface area contributed by atoms with Crippen LogP contribution in [0.2, 0.25) is 18.1 Å². The van der Waals surface area contributed by atoms with Gasteiger partial charge in [0, 0.05) is 11.0 Å². The molecule has 0 bridgehead atoms. The zero-order chi connectivity index (χ0) is 12.1. The zero-order valence-corrected chi connectivity index (χ0v) is 14.1. The quantitative estimate of drug-likeness (QED) is 0.307. The van der Waals surface area contributed by atoms with Gasteiger partial charge >= 0.3 is 0 Å². The van der Waals surface area contributed by atoms with E-state index in [-0.39, 0.29) is 0 Å². The fourth-order valence-corrected chi connectivity index (χ4v) is 2.30. The largest absolute Gasteiger partial charge is 0.416 e. The third-order valence-corrected chi connectivity index (χ3v) is 8.08. The Hall–Kier alpha value is 0.647. The third kappa shape index (κ3) is 6.07. The van der Waals surface area contributed by atoms with Crippen LogP contribution in [0.5, 0.6) is 0 Å². The molecule has 0 amide bonds. The van der Waals surface area contributed by atoms with Gasteiger partial charge in [0.05, 0.1) is 0 Å². The normalized spacial score (nSPS) is 15.9. The van der Waals surface area contributed by atoms with E-state index in [4.69, 9.17) is 4.43 Å². The van der Waals surface area contributed by atoms with Crippen LogP contribution in [0.4, 0.5) is 0 Å². The molecule has 0 aliphatic carbocycles. The van der Waals surface area contributed by atoms with E-state index in [1.165, 1.54) is 0 Å². The summed E-state index contributed by atoms with van der Waals surface area (Å²) in [5.41, 5.74) is 0. The summed E-state index contributed by atoms with van der Waals surface area (Å²) in [7, 11) is -1.54. The predicted molar refractivity (Wildman–Crippen MR) is 80.3 cm³/mol. The Balaban J connectivity index is 4.10. The molecule has 0 saturated carbocycles. The van der Waals surface area contributed by atoms with Gasteiger partial charge in [-0.15, -0.1) is 0 Å². The van der Waals surface area contributed by atoms with Crippen LogP contribution in [-0.2, 0) is 4.43 Å². The first-order valence-electron chi connectivity index (χ1n) is 5.57. The Bertz CT molecular complexity index is 206. The van der Waals surface area contributed by atoms with Gasteiger partial charge in [-0.2, -0.15) is 0 Å². The number of allylic oxidation sites excluding steroid dienone is 1. The molecule has 90 valence electrons. The van der Waals surface area contributed by atoms with Gasteiger partial charge in [-0.05, 0) is 24.1 Å². The van der Waals surface area contributed by atoms with Gasteiger partial charge < -0.3 is 4.43 Å². The molecule has 0 N–H and O–H groups in total. The van der Waals surface area contributed by atoms with E-state index in [1.54, 1.807) is 0 Å². The maximum absolute atomic E-state index is 6.14. The maximum atomic E-state index is 6.14. The van der Waals surface area contributed by atoms with Gasteiger partial charge in [0.15, 0.2) is 8.32 Å².